The van der Waals surface area contributed by atoms with E-state index in [9.17, 15) is 0 Å². The Bertz CT molecular complexity index is 1480. The lowest BCUT2D eigenvalue weighted by molar-refractivity contribution is 0.201. The molecule has 5 atom stereocenters. The van der Waals surface area contributed by atoms with Gasteiger partial charge in [-0.15, -0.1) is 11.8 Å². The van der Waals surface area contributed by atoms with Crippen LogP contribution >= 0.6 is 11.8 Å². The number of rotatable bonds is 8. The SMILES string of the molecule is CC.CC.CC.CC.CC.CC.CC.CC.CC(C)C1=CN(C)CC1.CC(C)C1=NCOC1.CC(C)C1=NCSC1.CC(C)C1C=CCN1C.CC(C)C1C=NCC1.CC(C)C1CC=CN1C.CC(C)C1CC=NC1.CC(C)C1CCC=N1. The van der Waals surface area contributed by atoms with Crippen LogP contribution in [0, 0.1) is 59.2 Å². The van der Waals surface area contributed by atoms with Crippen LogP contribution in [0.25, 0.3) is 0 Å². The van der Waals surface area contributed by atoms with Crippen molar-refractivity contribution in [3.8, 4) is 0 Å². The number of ether oxygens (including phenoxy) is 1. The molecule has 0 aliphatic carbocycles. The zero-order chi connectivity index (χ0) is 66.5. The maximum atomic E-state index is 5.01. The van der Waals surface area contributed by atoms with Gasteiger partial charge in [-0.3, -0.25) is 29.9 Å². The van der Waals surface area contributed by atoms with Crippen molar-refractivity contribution in [2.75, 3.05) is 72.3 Å². The Labute approximate surface area is 529 Å². The lowest BCUT2D eigenvalue weighted by Crippen LogP contribution is -2.29. The van der Waals surface area contributed by atoms with Gasteiger partial charge >= 0.3 is 0 Å². The minimum atomic E-state index is 0.567. The topological polar surface area (TPSA) is 80.8 Å². The highest BCUT2D eigenvalue weighted by Gasteiger charge is 2.20. The van der Waals surface area contributed by atoms with Crippen LogP contribution < -0.4 is 0 Å². The molecule has 0 aromatic rings. The summed E-state index contributed by atoms with van der Waals surface area (Å²) in [5.41, 5.74) is 4.18. The number of hydrogen-bond donors (Lipinski definition) is 0. The monoisotopic (exact) mass is 1190 g/mol. The first kappa shape index (κ1) is 96.7. The average molecular weight is 1190 g/mol. The molecule has 498 valence electrons. The van der Waals surface area contributed by atoms with Crippen LogP contribution in [0.1, 0.15) is 260 Å². The second-order valence-corrected chi connectivity index (χ2v) is 23.1. The Hall–Kier alpha value is -2.56. The molecule has 0 amide bonds. The van der Waals surface area contributed by atoms with E-state index < -0.39 is 0 Å². The molecule has 8 aliphatic heterocycles. The summed E-state index contributed by atoms with van der Waals surface area (Å²) in [6, 6.07) is 2.07. The molecule has 0 bridgehead atoms. The van der Waals surface area contributed by atoms with Gasteiger partial charge in [-0.2, -0.15) is 0 Å². The standard InChI is InChI=1S/3C8H15N.3C7H13N.C6H11NO.C6H11NS.8C2H6/c1-7(2)8-4-5-9(3)6-8;2*1-7(2)8-5-4-6-9(8)3;2*1-6(2)7-3-4-8-5-7;1-6(2)7-4-3-5-8-7;2*1-5(2)6-3-8-4-7-6;8*1-2/h6-7H,4-5H2,1-3H3;4,6-8H,5H2,1-3H3;4-5,7-8H,6H2,1-3H3;5-7H,3-4H2,1-2H3;4,6-7H,3,5H2,1-2H3;5-7H,3-4H2,1-2H3;2*5H,3-4H2,1-2H3;8*1-2H3. The van der Waals surface area contributed by atoms with Gasteiger partial charge in [0.1, 0.15) is 6.73 Å². The summed E-state index contributed by atoms with van der Waals surface area (Å²) in [5, 5.41) is 0. The predicted molar refractivity (Wildman–Crippen MR) is 393 cm³/mol. The Morgan fingerprint density at radius 2 is 1.14 bits per heavy atom. The molecule has 5 unspecified atom stereocenters. The molecule has 83 heavy (non-hydrogen) atoms. The molecular weight excluding hydrogens is 1040 g/mol. The van der Waals surface area contributed by atoms with E-state index in [0.29, 0.717) is 30.7 Å². The van der Waals surface area contributed by atoms with Crippen LogP contribution in [0.2, 0.25) is 0 Å². The summed E-state index contributed by atoms with van der Waals surface area (Å²) >= 11 is 1.91. The van der Waals surface area contributed by atoms with Gasteiger partial charge in [0.05, 0.1) is 18.5 Å². The van der Waals surface area contributed by atoms with Crippen LogP contribution in [-0.2, 0) is 4.74 Å². The number of nitrogens with zero attached hydrogens (tertiary/aromatic N) is 8. The molecule has 0 radical (unpaired) electrons. The van der Waals surface area contributed by atoms with Crippen molar-refractivity contribution < 1.29 is 4.74 Å². The van der Waals surface area contributed by atoms with E-state index in [2.05, 4.69) is 208 Å². The first-order chi connectivity index (χ1) is 39.7. The van der Waals surface area contributed by atoms with E-state index in [-0.39, 0.29) is 0 Å². The largest absolute Gasteiger partial charge is 0.380 e. The Balaban J connectivity index is -0.000000125. The average Bonchev–Trinajstić information content (AvgIpc) is 4.33. The van der Waals surface area contributed by atoms with Gasteiger partial charge in [-0.05, 0) is 130 Å². The molecule has 0 aromatic heterocycles. The molecule has 8 aliphatic rings. The van der Waals surface area contributed by atoms with Gasteiger partial charge < -0.3 is 14.5 Å². The molecule has 9 nitrogen and oxygen atoms in total. The van der Waals surface area contributed by atoms with Crippen LogP contribution in [0.3, 0.4) is 0 Å². The molecule has 10 heteroatoms. The van der Waals surface area contributed by atoms with E-state index in [1.165, 1.54) is 56.5 Å². The summed E-state index contributed by atoms with van der Waals surface area (Å²) in [5.74, 6) is 9.65. The Morgan fingerprint density at radius 1 is 0.578 bits per heavy atom. The highest BCUT2D eigenvalue weighted by molar-refractivity contribution is 8.00. The summed E-state index contributed by atoms with van der Waals surface area (Å²) < 4.78 is 5.01. The van der Waals surface area contributed by atoms with Crippen LogP contribution in [-0.4, -0.2) is 135 Å². The van der Waals surface area contributed by atoms with Gasteiger partial charge in [0, 0.05) is 75.7 Å². The molecule has 0 spiro atoms. The first-order valence-electron chi connectivity index (χ1n) is 34.5. The normalized spacial score (nSPS) is 20.3. The van der Waals surface area contributed by atoms with E-state index in [0.717, 1.165) is 91.3 Å². The third kappa shape index (κ3) is 54.6. The smallest absolute Gasteiger partial charge is 0.137 e. The van der Waals surface area contributed by atoms with E-state index >= 15 is 0 Å². The molecule has 8 rings (SSSR count). The number of hydrogen-bond acceptors (Lipinski definition) is 10. The molecule has 0 N–H and O–H groups in total. The third-order valence-corrected chi connectivity index (χ3v) is 14.4. The second kappa shape index (κ2) is 70.2. The van der Waals surface area contributed by atoms with Crippen LogP contribution in [0.4, 0.5) is 0 Å². The second-order valence-electron chi connectivity index (χ2n) is 22.1. The van der Waals surface area contributed by atoms with Crippen molar-refractivity contribution in [1.82, 2.24) is 14.7 Å². The van der Waals surface area contributed by atoms with Crippen molar-refractivity contribution >= 4 is 41.8 Å². The number of thioether (sulfide) groups is 1. The minimum absolute atomic E-state index is 0.567. The fourth-order valence-electron chi connectivity index (χ4n) is 8.28. The van der Waals surface area contributed by atoms with Gasteiger partial charge in [0.25, 0.3) is 0 Å². The van der Waals surface area contributed by atoms with Gasteiger partial charge in [-0.1, -0.05) is 245 Å². The Kier molecular flexibility index (Phi) is 81.8. The van der Waals surface area contributed by atoms with E-state index in [1.807, 2.05) is 135 Å². The van der Waals surface area contributed by atoms with Crippen molar-refractivity contribution in [3.05, 3.63) is 36.2 Å². The number of aliphatic imine (C=N–C) groups is 5. The highest BCUT2D eigenvalue weighted by atomic mass is 32.2. The summed E-state index contributed by atoms with van der Waals surface area (Å²) in [6.07, 6.45) is 24.9. The lowest BCUT2D eigenvalue weighted by Gasteiger charge is -2.24. The first-order valence-corrected chi connectivity index (χ1v) is 35.7. The minimum Gasteiger partial charge on any atom is -0.380 e. The fraction of sp³-hybridized carbons (Fsp3) is 0.849. The lowest BCUT2D eigenvalue weighted by atomic mass is 9.95. The zero-order valence-electron chi connectivity index (χ0n) is 62.9. The Morgan fingerprint density at radius 3 is 1.34 bits per heavy atom. The highest BCUT2D eigenvalue weighted by Crippen LogP contribution is 2.22. The maximum absolute atomic E-state index is 5.01. The predicted octanol–water partition coefficient (Wildman–Crippen LogP) is 21.6. The zero-order valence-corrected chi connectivity index (χ0v) is 63.7. The van der Waals surface area contributed by atoms with Gasteiger partial charge in [0.2, 0.25) is 0 Å². The van der Waals surface area contributed by atoms with Crippen LogP contribution in [0.15, 0.2) is 61.2 Å². The molecule has 0 fully saturated rings. The van der Waals surface area contributed by atoms with Crippen molar-refractivity contribution in [2.45, 2.75) is 278 Å². The maximum Gasteiger partial charge on any atom is 0.137 e. The van der Waals surface area contributed by atoms with Gasteiger partial charge in [0.15, 0.2) is 0 Å². The molecular formula is C73H154N8OS. The van der Waals surface area contributed by atoms with Gasteiger partial charge in [-0.25, -0.2) is 0 Å². The quantitative estimate of drug-likeness (QED) is 0.226. The molecule has 0 saturated carbocycles. The van der Waals surface area contributed by atoms with E-state index in [1.54, 1.807) is 5.57 Å². The van der Waals surface area contributed by atoms with Crippen LogP contribution in [0.5, 0.6) is 0 Å². The van der Waals surface area contributed by atoms with Crippen molar-refractivity contribution in [3.63, 3.8) is 0 Å². The summed E-state index contributed by atoms with van der Waals surface area (Å²) in [4.78, 5) is 28.0. The summed E-state index contributed by atoms with van der Waals surface area (Å²) in [6.45, 7) is 73.5. The fourth-order valence-corrected chi connectivity index (χ4v) is 9.26. The van der Waals surface area contributed by atoms with Crippen molar-refractivity contribution in [2.24, 2.45) is 84.1 Å². The molecule has 0 aromatic carbocycles. The van der Waals surface area contributed by atoms with E-state index in [4.69, 9.17) is 4.74 Å². The van der Waals surface area contributed by atoms with Crippen molar-refractivity contribution in [1.29, 1.82) is 0 Å². The molecule has 0 saturated heterocycles. The summed E-state index contributed by atoms with van der Waals surface area (Å²) in [7, 11) is 6.45. The third-order valence-electron chi connectivity index (χ3n) is 13.6. The number of likely N-dealkylation sites (N-methyl/N-ethyl adjacent to an activating group) is 1. The molecule has 8 heterocycles.